The highest BCUT2D eigenvalue weighted by Crippen LogP contribution is 2.34. The van der Waals surface area contributed by atoms with Crippen LogP contribution in [-0.4, -0.2) is 16.6 Å². The first-order valence-corrected chi connectivity index (χ1v) is 6.27. The molecular formula is C14H14FN3O. The normalized spacial score (nSPS) is 16.8. The second-order valence-corrected chi connectivity index (χ2v) is 4.38. The molecule has 98 valence electrons. The molecule has 1 aliphatic rings. The summed E-state index contributed by atoms with van der Waals surface area (Å²) in [6.45, 7) is 2.34. The number of ether oxygens (including phenoxy) is 1. The predicted octanol–water partition coefficient (Wildman–Crippen LogP) is 2.72. The summed E-state index contributed by atoms with van der Waals surface area (Å²) in [5, 5.41) is 3.09. The number of nitrogens with zero attached hydrogens (tertiary/aromatic N) is 2. The van der Waals surface area contributed by atoms with Gasteiger partial charge in [0.05, 0.1) is 11.7 Å². The summed E-state index contributed by atoms with van der Waals surface area (Å²) >= 11 is 0. The first-order chi connectivity index (χ1) is 9.29. The Bertz CT molecular complexity index is 603. The van der Waals surface area contributed by atoms with Gasteiger partial charge >= 0.3 is 0 Å². The van der Waals surface area contributed by atoms with Crippen molar-refractivity contribution in [2.75, 3.05) is 11.9 Å². The van der Waals surface area contributed by atoms with E-state index in [-0.39, 0.29) is 17.7 Å². The van der Waals surface area contributed by atoms with Crippen molar-refractivity contribution in [3.63, 3.8) is 0 Å². The molecule has 1 unspecified atom stereocenters. The Morgan fingerprint density at radius 3 is 3.05 bits per heavy atom. The average Bonchev–Trinajstić information content (AvgIpc) is 2.85. The van der Waals surface area contributed by atoms with Crippen molar-refractivity contribution in [3.8, 4) is 5.75 Å². The Morgan fingerprint density at radius 1 is 1.37 bits per heavy atom. The van der Waals surface area contributed by atoms with Crippen LogP contribution in [0.5, 0.6) is 5.75 Å². The van der Waals surface area contributed by atoms with Crippen LogP contribution in [-0.2, 0) is 6.42 Å². The molecule has 0 bridgehead atoms. The van der Waals surface area contributed by atoms with Crippen LogP contribution in [0.25, 0.3) is 0 Å². The molecule has 1 aliphatic heterocycles. The molecule has 0 saturated carbocycles. The van der Waals surface area contributed by atoms with Crippen LogP contribution in [0.1, 0.15) is 24.2 Å². The van der Waals surface area contributed by atoms with Crippen LogP contribution in [0.3, 0.4) is 0 Å². The minimum absolute atomic E-state index is 0.0784. The molecule has 1 aromatic heterocycles. The number of rotatable bonds is 3. The van der Waals surface area contributed by atoms with Crippen LogP contribution >= 0.6 is 0 Å². The molecule has 2 heterocycles. The first kappa shape index (κ1) is 11.9. The molecule has 1 N–H and O–H groups in total. The highest BCUT2D eigenvalue weighted by atomic mass is 19.1. The second-order valence-electron chi connectivity index (χ2n) is 4.38. The van der Waals surface area contributed by atoms with Gasteiger partial charge in [-0.15, -0.1) is 0 Å². The zero-order valence-electron chi connectivity index (χ0n) is 10.6. The molecular weight excluding hydrogens is 245 g/mol. The zero-order chi connectivity index (χ0) is 13.2. The molecule has 0 radical (unpaired) electrons. The van der Waals surface area contributed by atoms with Gasteiger partial charge in [0.15, 0.2) is 11.6 Å². The van der Waals surface area contributed by atoms with Gasteiger partial charge in [0.25, 0.3) is 0 Å². The largest absolute Gasteiger partial charge is 0.491 e. The van der Waals surface area contributed by atoms with Crippen LogP contribution < -0.4 is 10.1 Å². The van der Waals surface area contributed by atoms with E-state index in [1.165, 1.54) is 6.33 Å². The maximum atomic E-state index is 14.1. The Balaban J connectivity index is 1.87. The number of nitrogens with one attached hydrogen (secondary N) is 1. The quantitative estimate of drug-likeness (QED) is 0.920. The van der Waals surface area contributed by atoms with Crippen molar-refractivity contribution in [2.45, 2.75) is 19.4 Å². The van der Waals surface area contributed by atoms with E-state index < -0.39 is 0 Å². The number of aryl methyl sites for hydroxylation is 1. The van der Waals surface area contributed by atoms with Crippen molar-refractivity contribution in [1.29, 1.82) is 0 Å². The molecule has 1 atom stereocenters. The van der Waals surface area contributed by atoms with Gasteiger partial charge in [-0.25, -0.2) is 14.4 Å². The van der Waals surface area contributed by atoms with Crippen LogP contribution in [0.4, 0.5) is 10.2 Å². The van der Waals surface area contributed by atoms with E-state index in [1.54, 1.807) is 0 Å². The maximum Gasteiger partial charge on any atom is 0.186 e. The number of hydrogen-bond donors (Lipinski definition) is 1. The molecule has 0 saturated heterocycles. The Kier molecular flexibility index (Phi) is 3.03. The lowest BCUT2D eigenvalue weighted by Gasteiger charge is -2.13. The fraction of sp³-hybridized carbons (Fsp3) is 0.286. The number of benzene rings is 1. The van der Waals surface area contributed by atoms with Crippen molar-refractivity contribution < 1.29 is 9.13 Å². The van der Waals surface area contributed by atoms with Crippen molar-refractivity contribution in [1.82, 2.24) is 9.97 Å². The highest BCUT2D eigenvalue weighted by Gasteiger charge is 2.25. The minimum atomic E-state index is -0.380. The van der Waals surface area contributed by atoms with E-state index in [0.717, 1.165) is 11.3 Å². The Labute approximate surface area is 110 Å². The van der Waals surface area contributed by atoms with Gasteiger partial charge in [-0.05, 0) is 12.5 Å². The van der Waals surface area contributed by atoms with Gasteiger partial charge in [0.1, 0.15) is 18.7 Å². The number of fused-ring (bicyclic) bond motifs is 1. The second kappa shape index (κ2) is 4.84. The van der Waals surface area contributed by atoms with E-state index in [9.17, 15) is 4.39 Å². The molecule has 0 amide bonds. The lowest BCUT2D eigenvalue weighted by Crippen LogP contribution is -2.15. The molecule has 1 aromatic carbocycles. The van der Waals surface area contributed by atoms with Gasteiger partial charge in [0, 0.05) is 5.56 Å². The SMILES string of the molecule is CCc1ncnc(NC2COc3ccccc32)c1F. The molecule has 0 aliphatic carbocycles. The van der Waals surface area contributed by atoms with Gasteiger partial charge in [0.2, 0.25) is 0 Å². The summed E-state index contributed by atoms with van der Waals surface area (Å²) < 4.78 is 19.6. The van der Waals surface area contributed by atoms with E-state index >= 15 is 0 Å². The van der Waals surface area contributed by atoms with Crippen molar-refractivity contribution in [2.24, 2.45) is 0 Å². The molecule has 4 nitrogen and oxygen atoms in total. The van der Waals surface area contributed by atoms with Crippen LogP contribution in [0, 0.1) is 5.82 Å². The Morgan fingerprint density at radius 2 is 2.21 bits per heavy atom. The topological polar surface area (TPSA) is 47.0 Å². The lowest BCUT2D eigenvalue weighted by atomic mass is 10.1. The highest BCUT2D eigenvalue weighted by molar-refractivity contribution is 5.47. The summed E-state index contributed by atoms with van der Waals surface area (Å²) in [5.41, 5.74) is 1.45. The van der Waals surface area contributed by atoms with Crippen LogP contribution in [0.2, 0.25) is 0 Å². The molecule has 19 heavy (non-hydrogen) atoms. The average molecular weight is 259 g/mol. The molecule has 0 spiro atoms. The standard InChI is InChI=1S/C14H14FN3O/c1-2-10-13(15)14(17-8-16-10)18-11-7-19-12-6-4-3-5-9(11)12/h3-6,8,11H,2,7H2,1H3,(H,16,17,18). The fourth-order valence-electron chi connectivity index (χ4n) is 2.20. The van der Waals surface area contributed by atoms with Crippen molar-refractivity contribution in [3.05, 3.63) is 47.7 Å². The van der Waals surface area contributed by atoms with E-state index in [1.807, 2.05) is 31.2 Å². The molecule has 5 heteroatoms. The third kappa shape index (κ3) is 2.12. The third-order valence-electron chi connectivity index (χ3n) is 3.21. The van der Waals surface area contributed by atoms with Gasteiger partial charge in [-0.1, -0.05) is 25.1 Å². The van der Waals surface area contributed by atoms with Gasteiger partial charge in [-0.3, -0.25) is 0 Å². The Hall–Kier alpha value is -2.17. The summed E-state index contributed by atoms with van der Waals surface area (Å²) in [7, 11) is 0. The number of hydrogen-bond acceptors (Lipinski definition) is 4. The molecule has 3 rings (SSSR count). The first-order valence-electron chi connectivity index (χ1n) is 6.27. The summed E-state index contributed by atoms with van der Waals surface area (Å²) in [5.74, 6) is 0.691. The van der Waals surface area contributed by atoms with E-state index in [2.05, 4.69) is 15.3 Å². The number of anilines is 1. The third-order valence-corrected chi connectivity index (χ3v) is 3.21. The van der Waals surface area contributed by atoms with E-state index in [4.69, 9.17) is 4.74 Å². The lowest BCUT2D eigenvalue weighted by molar-refractivity contribution is 0.339. The number of halogens is 1. The fourth-order valence-corrected chi connectivity index (χ4v) is 2.20. The number of para-hydroxylation sites is 1. The molecule has 2 aromatic rings. The maximum absolute atomic E-state index is 14.1. The smallest absolute Gasteiger partial charge is 0.186 e. The minimum Gasteiger partial charge on any atom is -0.491 e. The van der Waals surface area contributed by atoms with Gasteiger partial charge in [-0.2, -0.15) is 0 Å². The van der Waals surface area contributed by atoms with E-state index in [0.29, 0.717) is 18.7 Å². The predicted molar refractivity (Wildman–Crippen MR) is 69.7 cm³/mol. The van der Waals surface area contributed by atoms with Crippen molar-refractivity contribution >= 4 is 5.82 Å². The van der Waals surface area contributed by atoms with Gasteiger partial charge < -0.3 is 10.1 Å². The molecule has 0 fully saturated rings. The summed E-state index contributed by atoms with van der Waals surface area (Å²) in [6.07, 6.45) is 1.92. The van der Waals surface area contributed by atoms with Crippen LogP contribution in [0.15, 0.2) is 30.6 Å². The monoisotopic (exact) mass is 259 g/mol. The number of aromatic nitrogens is 2. The summed E-state index contributed by atoms with van der Waals surface area (Å²) in [4.78, 5) is 7.89. The zero-order valence-corrected chi connectivity index (χ0v) is 10.6. The summed E-state index contributed by atoms with van der Waals surface area (Å²) in [6, 6.07) is 7.66.